The minimum Gasteiger partial charge on any atom is -0.493 e. The SMILES string of the molecule is COc1ccc(C2CC(c3cccnc3)Nc3nnnn32)c(OC)c1OC. The summed E-state index contributed by atoms with van der Waals surface area (Å²) in [5, 5.41) is 15.5. The van der Waals surface area contributed by atoms with E-state index in [4.69, 9.17) is 14.2 Å². The van der Waals surface area contributed by atoms with Crippen molar-refractivity contribution in [3.05, 3.63) is 47.8 Å². The van der Waals surface area contributed by atoms with Gasteiger partial charge in [0.05, 0.1) is 33.4 Å². The Morgan fingerprint density at radius 2 is 1.93 bits per heavy atom. The van der Waals surface area contributed by atoms with Gasteiger partial charge in [-0.15, -0.1) is 0 Å². The van der Waals surface area contributed by atoms with E-state index in [2.05, 4.69) is 25.8 Å². The molecule has 0 amide bonds. The zero-order valence-corrected chi connectivity index (χ0v) is 15.3. The van der Waals surface area contributed by atoms with Crippen LogP contribution < -0.4 is 19.5 Å². The first-order valence-corrected chi connectivity index (χ1v) is 8.50. The van der Waals surface area contributed by atoms with Crippen molar-refractivity contribution < 1.29 is 14.2 Å². The lowest BCUT2D eigenvalue weighted by Gasteiger charge is -2.31. The van der Waals surface area contributed by atoms with Crippen molar-refractivity contribution in [3.8, 4) is 17.2 Å². The fraction of sp³-hybridized carbons (Fsp3) is 0.333. The van der Waals surface area contributed by atoms with E-state index in [0.717, 1.165) is 17.5 Å². The van der Waals surface area contributed by atoms with Crippen LogP contribution in [0, 0.1) is 0 Å². The van der Waals surface area contributed by atoms with Crippen LogP contribution in [-0.4, -0.2) is 46.5 Å². The Balaban J connectivity index is 1.81. The molecule has 1 N–H and O–H groups in total. The molecular weight excluding hydrogens is 348 g/mol. The molecule has 140 valence electrons. The van der Waals surface area contributed by atoms with Crippen LogP contribution in [0.5, 0.6) is 17.2 Å². The number of ether oxygens (including phenoxy) is 3. The smallest absolute Gasteiger partial charge is 0.244 e. The lowest BCUT2D eigenvalue weighted by atomic mass is 9.93. The molecule has 4 rings (SSSR count). The van der Waals surface area contributed by atoms with Gasteiger partial charge in [-0.3, -0.25) is 4.98 Å². The van der Waals surface area contributed by atoms with Gasteiger partial charge < -0.3 is 19.5 Å². The van der Waals surface area contributed by atoms with E-state index in [-0.39, 0.29) is 12.1 Å². The van der Waals surface area contributed by atoms with E-state index in [1.807, 2.05) is 30.5 Å². The summed E-state index contributed by atoms with van der Waals surface area (Å²) in [4.78, 5) is 4.23. The van der Waals surface area contributed by atoms with Gasteiger partial charge in [-0.25, -0.2) is 4.68 Å². The minimum absolute atomic E-state index is 0.0139. The zero-order valence-electron chi connectivity index (χ0n) is 15.3. The van der Waals surface area contributed by atoms with E-state index >= 15 is 0 Å². The summed E-state index contributed by atoms with van der Waals surface area (Å²) in [7, 11) is 4.80. The van der Waals surface area contributed by atoms with Crippen LogP contribution >= 0.6 is 0 Å². The van der Waals surface area contributed by atoms with Gasteiger partial charge in [0.25, 0.3) is 0 Å². The number of aromatic nitrogens is 5. The van der Waals surface area contributed by atoms with Crippen LogP contribution in [0.2, 0.25) is 0 Å². The number of benzene rings is 1. The minimum atomic E-state index is -0.142. The number of methoxy groups -OCH3 is 3. The van der Waals surface area contributed by atoms with E-state index < -0.39 is 0 Å². The van der Waals surface area contributed by atoms with Gasteiger partial charge in [0, 0.05) is 18.0 Å². The standard InChI is InChI=1S/C18H20N6O3/c1-25-15-7-6-12(16(26-2)17(15)27-3)14-9-13(11-5-4-8-19-10-11)20-18-21-22-23-24(14)18/h4-8,10,13-14H,9H2,1-3H3,(H,20,21,23). The highest BCUT2D eigenvalue weighted by Crippen LogP contribution is 2.46. The maximum Gasteiger partial charge on any atom is 0.244 e. The number of rotatable bonds is 5. The Labute approximate surface area is 156 Å². The van der Waals surface area contributed by atoms with Crippen LogP contribution in [-0.2, 0) is 0 Å². The Morgan fingerprint density at radius 3 is 2.63 bits per heavy atom. The molecule has 0 spiro atoms. The largest absolute Gasteiger partial charge is 0.493 e. The second-order valence-corrected chi connectivity index (χ2v) is 6.11. The molecule has 0 fully saturated rings. The lowest BCUT2D eigenvalue weighted by molar-refractivity contribution is 0.315. The first-order chi connectivity index (χ1) is 13.3. The van der Waals surface area contributed by atoms with Crippen LogP contribution in [0.3, 0.4) is 0 Å². The van der Waals surface area contributed by atoms with Crippen molar-refractivity contribution in [1.82, 2.24) is 25.2 Å². The predicted molar refractivity (Wildman–Crippen MR) is 97.3 cm³/mol. The molecule has 1 aliphatic rings. The number of hydrogen-bond donors (Lipinski definition) is 1. The lowest BCUT2D eigenvalue weighted by Crippen LogP contribution is -2.28. The van der Waals surface area contributed by atoms with Gasteiger partial charge in [0.1, 0.15) is 0 Å². The molecule has 27 heavy (non-hydrogen) atoms. The average Bonchev–Trinajstić information content (AvgIpc) is 3.21. The Kier molecular flexibility index (Phi) is 4.49. The number of nitrogens with one attached hydrogen (secondary N) is 1. The quantitative estimate of drug-likeness (QED) is 0.732. The van der Waals surface area contributed by atoms with Crippen LogP contribution in [0.4, 0.5) is 5.95 Å². The fourth-order valence-corrected chi connectivity index (χ4v) is 3.48. The molecule has 9 nitrogen and oxygen atoms in total. The molecule has 0 bridgehead atoms. The molecule has 0 aliphatic carbocycles. The first kappa shape index (κ1) is 17.1. The maximum absolute atomic E-state index is 5.68. The highest BCUT2D eigenvalue weighted by Gasteiger charge is 2.33. The maximum atomic E-state index is 5.68. The number of hydrogen-bond acceptors (Lipinski definition) is 8. The van der Waals surface area contributed by atoms with Crippen molar-refractivity contribution in [2.75, 3.05) is 26.6 Å². The van der Waals surface area contributed by atoms with E-state index in [9.17, 15) is 0 Å². The number of anilines is 1. The average molecular weight is 368 g/mol. The third-order valence-corrected chi connectivity index (χ3v) is 4.73. The van der Waals surface area contributed by atoms with Crippen LogP contribution in [0.1, 0.15) is 29.6 Å². The zero-order chi connectivity index (χ0) is 18.8. The molecule has 0 saturated carbocycles. The number of tetrazole rings is 1. The van der Waals surface area contributed by atoms with Crippen molar-refractivity contribution in [1.29, 1.82) is 0 Å². The van der Waals surface area contributed by atoms with Crippen LogP contribution in [0.25, 0.3) is 0 Å². The summed E-state index contributed by atoms with van der Waals surface area (Å²) in [5.74, 6) is 2.35. The third kappa shape index (κ3) is 2.90. The predicted octanol–water partition coefficient (Wildman–Crippen LogP) is 2.24. The fourth-order valence-electron chi connectivity index (χ4n) is 3.48. The topological polar surface area (TPSA) is 96.2 Å². The number of fused-ring (bicyclic) bond motifs is 1. The summed E-state index contributed by atoms with van der Waals surface area (Å²) in [6, 6.07) is 7.65. The Hall–Kier alpha value is -3.36. The number of pyridine rings is 1. The summed E-state index contributed by atoms with van der Waals surface area (Å²) in [6.45, 7) is 0. The molecule has 9 heteroatoms. The van der Waals surface area contributed by atoms with Gasteiger partial charge >= 0.3 is 0 Å². The van der Waals surface area contributed by atoms with Crippen molar-refractivity contribution in [3.63, 3.8) is 0 Å². The molecular formula is C18H20N6O3. The van der Waals surface area contributed by atoms with Crippen molar-refractivity contribution in [2.24, 2.45) is 0 Å². The monoisotopic (exact) mass is 368 g/mol. The second-order valence-electron chi connectivity index (χ2n) is 6.11. The Morgan fingerprint density at radius 1 is 1.07 bits per heavy atom. The highest BCUT2D eigenvalue weighted by atomic mass is 16.5. The van der Waals surface area contributed by atoms with Crippen LogP contribution in [0.15, 0.2) is 36.7 Å². The molecule has 0 radical (unpaired) electrons. The second kappa shape index (κ2) is 7.10. The van der Waals surface area contributed by atoms with Crippen molar-refractivity contribution in [2.45, 2.75) is 18.5 Å². The van der Waals surface area contributed by atoms with E-state index in [1.54, 1.807) is 32.2 Å². The highest BCUT2D eigenvalue weighted by molar-refractivity contribution is 5.57. The molecule has 1 aliphatic heterocycles. The Bertz CT molecular complexity index is 930. The van der Waals surface area contributed by atoms with Gasteiger partial charge in [-0.05, 0) is 40.6 Å². The van der Waals surface area contributed by atoms with Gasteiger partial charge in [0.2, 0.25) is 11.7 Å². The first-order valence-electron chi connectivity index (χ1n) is 8.50. The van der Waals surface area contributed by atoms with Gasteiger partial charge in [-0.1, -0.05) is 11.2 Å². The molecule has 2 unspecified atom stereocenters. The molecule has 0 saturated heterocycles. The molecule has 2 atom stereocenters. The summed E-state index contributed by atoms with van der Waals surface area (Å²) < 4.78 is 18.4. The third-order valence-electron chi connectivity index (χ3n) is 4.73. The molecule has 3 aromatic rings. The molecule has 1 aromatic carbocycles. The molecule has 3 heterocycles. The van der Waals surface area contributed by atoms with Gasteiger partial charge in [-0.2, -0.15) is 0 Å². The summed E-state index contributed by atoms with van der Waals surface area (Å²) in [6.07, 6.45) is 4.32. The van der Waals surface area contributed by atoms with Crippen molar-refractivity contribution >= 4 is 5.95 Å². The summed E-state index contributed by atoms with van der Waals surface area (Å²) in [5.41, 5.74) is 1.98. The normalized spacial score (nSPS) is 18.3. The summed E-state index contributed by atoms with van der Waals surface area (Å²) >= 11 is 0. The van der Waals surface area contributed by atoms with E-state index in [0.29, 0.717) is 23.2 Å². The van der Waals surface area contributed by atoms with Gasteiger partial charge in [0.15, 0.2) is 11.5 Å². The molecule has 2 aromatic heterocycles. The van der Waals surface area contributed by atoms with E-state index in [1.165, 1.54) is 0 Å². The number of nitrogens with zero attached hydrogens (tertiary/aromatic N) is 5.